The number of nitrogens with one attached hydrogen (secondary N) is 1. The van der Waals surface area contributed by atoms with Crippen molar-refractivity contribution in [2.75, 3.05) is 13.1 Å². The van der Waals surface area contributed by atoms with Crippen LogP contribution in [0.4, 0.5) is 13.2 Å². The van der Waals surface area contributed by atoms with Gasteiger partial charge in [-0.3, -0.25) is 14.8 Å². The largest absolute Gasteiger partial charge is 0.481 e. The number of aliphatic carboxylic acids is 1. The Hall–Kier alpha value is -2.35. The Labute approximate surface area is 136 Å². The summed E-state index contributed by atoms with van der Waals surface area (Å²) in [5.74, 6) is -1.80. The molecule has 2 aromatic rings. The highest BCUT2D eigenvalue weighted by molar-refractivity contribution is 5.76. The zero-order valence-corrected chi connectivity index (χ0v) is 12.7. The van der Waals surface area contributed by atoms with Gasteiger partial charge in [0.1, 0.15) is 0 Å². The fourth-order valence-corrected chi connectivity index (χ4v) is 3.07. The zero-order valence-electron chi connectivity index (χ0n) is 12.7. The van der Waals surface area contributed by atoms with Gasteiger partial charge < -0.3 is 5.11 Å². The lowest BCUT2D eigenvalue weighted by molar-refractivity contribution is -0.227. The third-order valence-corrected chi connectivity index (χ3v) is 4.47. The van der Waals surface area contributed by atoms with E-state index in [1.807, 2.05) is 24.3 Å². The summed E-state index contributed by atoms with van der Waals surface area (Å²) in [6, 6.07) is 7.40. The van der Waals surface area contributed by atoms with Gasteiger partial charge in [-0.15, -0.1) is 0 Å². The lowest BCUT2D eigenvalue weighted by atomic mass is 9.86. The van der Waals surface area contributed by atoms with Crippen LogP contribution in [-0.2, 0) is 11.3 Å². The normalized spacial score (nSPS) is 22.0. The quantitative estimate of drug-likeness (QED) is 0.899. The second-order valence-corrected chi connectivity index (χ2v) is 6.03. The molecule has 2 N–H and O–H groups in total. The van der Waals surface area contributed by atoms with Gasteiger partial charge in [-0.25, -0.2) is 0 Å². The van der Waals surface area contributed by atoms with E-state index in [4.69, 9.17) is 5.11 Å². The number of carbonyl (C=O) groups is 1. The molecule has 1 aliphatic rings. The molecule has 5 nitrogen and oxygen atoms in total. The molecule has 0 spiro atoms. The van der Waals surface area contributed by atoms with Crippen LogP contribution in [0, 0.1) is 5.41 Å². The first-order valence-electron chi connectivity index (χ1n) is 7.42. The first kappa shape index (κ1) is 16.5. The van der Waals surface area contributed by atoms with Gasteiger partial charge in [0.15, 0.2) is 5.41 Å². The molecule has 0 amide bonds. The Balaban J connectivity index is 1.76. The second-order valence-electron chi connectivity index (χ2n) is 6.03. The van der Waals surface area contributed by atoms with Crippen molar-refractivity contribution in [2.45, 2.75) is 19.1 Å². The Morgan fingerprint density at radius 3 is 2.75 bits per heavy atom. The van der Waals surface area contributed by atoms with E-state index in [1.165, 1.54) is 4.90 Å². The predicted octanol–water partition coefficient (Wildman–Crippen LogP) is 2.92. The Bertz CT molecular complexity index is 730. The number of halogens is 3. The van der Waals surface area contributed by atoms with Gasteiger partial charge in [0.05, 0.1) is 6.20 Å². The maximum Gasteiger partial charge on any atom is 0.406 e. The van der Waals surface area contributed by atoms with Crippen molar-refractivity contribution in [3.63, 3.8) is 0 Å². The summed E-state index contributed by atoms with van der Waals surface area (Å²) in [7, 11) is 0. The number of aromatic nitrogens is 2. The summed E-state index contributed by atoms with van der Waals surface area (Å²) < 4.78 is 39.6. The van der Waals surface area contributed by atoms with Crippen LogP contribution >= 0.6 is 0 Å². The smallest absolute Gasteiger partial charge is 0.406 e. The summed E-state index contributed by atoms with van der Waals surface area (Å²) in [4.78, 5) is 12.8. The van der Waals surface area contributed by atoms with E-state index < -0.39 is 30.5 Å². The molecular formula is C16H16F3N3O2. The van der Waals surface area contributed by atoms with Crippen LogP contribution in [0.15, 0.2) is 36.7 Å². The molecule has 1 fully saturated rings. The summed E-state index contributed by atoms with van der Waals surface area (Å²) in [5, 5.41) is 15.7. The van der Waals surface area contributed by atoms with E-state index in [-0.39, 0.29) is 13.1 Å². The number of carboxylic acids is 1. The van der Waals surface area contributed by atoms with Crippen molar-refractivity contribution in [1.29, 1.82) is 0 Å². The molecular weight excluding hydrogens is 323 g/mol. The molecule has 8 heteroatoms. The number of carboxylic acid groups (broad SMARTS) is 1. The molecule has 0 aliphatic carbocycles. The van der Waals surface area contributed by atoms with Crippen molar-refractivity contribution < 1.29 is 23.1 Å². The number of hydrogen-bond acceptors (Lipinski definition) is 3. The second kappa shape index (κ2) is 5.94. The fourth-order valence-electron chi connectivity index (χ4n) is 3.07. The molecule has 3 rings (SSSR count). The number of nitrogens with zero attached hydrogens (tertiary/aromatic N) is 2. The van der Waals surface area contributed by atoms with Crippen LogP contribution in [0.5, 0.6) is 0 Å². The molecule has 1 aromatic heterocycles. The third kappa shape index (κ3) is 2.89. The maximum atomic E-state index is 13.2. The first-order chi connectivity index (χ1) is 11.3. The average molecular weight is 339 g/mol. The van der Waals surface area contributed by atoms with E-state index in [9.17, 15) is 18.0 Å². The standard InChI is InChI=1S/C16H16F3N3O2/c17-16(18,19)15(14(23)24)4-5-22(10-15)9-11-2-1-3-12(6-11)13-7-20-21-8-13/h1-3,6-8H,4-5,9-10H2,(H,20,21)(H,23,24). The number of aromatic amines is 1. The van der Waals surface area contributed by atoms with Gasteiger partial charge in [-0.1, -0.05) is 18.2 Å². The lowest BCUT2D eigenvalue weighted by Crippen LogP contribution is -2.47. The highest BCUT2D eigenvalue weighted by Gasteiger charge is 2.63. The Morgan fingerprint density at radius 1 is 1.38 bits per heavy atom. The molecule has 1 unspecified atom stereocenters. The molecule has 1 atom stereocenters. The minimum atomic E-state index is -4.76. The lowest BCUT2D eigenvalue weighted by Gasteiger charge is -2.27. The van der Waals surface area contributed by atoms with Crippen LogP contribution in [-0.4, -0.2) is 45.4 Å². The number of benzene rings is 1. The van der Waals surface area contributed by atoms with Crippen LogP contribution in [0.1, 0.15) is 12.0 Å². The molecule has 0 radical (unpaired) electrons. The SMILES string of the molecule is O=C(O)C1(C(F)(F)F)CCN(Cc2cccc(-c3cn[nH]c3)c2)C1. The van der Waals surface area contributed by atoms with Crippen LogP contribution in [0.25, 0.3) is 11.1 Å². The Kier molecular flexibility index (Phi) is 4.08. The van der Waals surface area contributed by atoms with Crippen LogP contribution in [0.3, 0.4) is 0 Å². The summed E-state index contributed by atoms with van der Waals surface area (Å²) in [6.45, 7) is -0.152. The summed E-state index contributed by atoms with van der Waals surface area (Å²) in [6.07, 6.45) is -1.79. The van der Waals surface area contributed by atoms with Crippen molar-refractivity contribution in [3.8, 4) is 11.1 Å². The maximum absolute atomic E-state index is 13.2. The minimum Gasteiger partial charge on any atom is -0.481 e. The number of rotatable bonds is 4. The van der Waals surface area contributed by atoms with Gasteiger partial charge in [0.2, 0.25) is 0 Å². The van der Waals surface area contributed by atoms with E-state index in [0.29, 0.717) is 0 Å². The molecule has 2 heterocycles. The summed E-state index contributed by atoms with van der Waals surface area (Å²) >= 11 is 0. The van der Waals surface area contributed by atoms with Gasteiger partial charge in [-0.05, 0) is 23.6 Å². The van der Waals surface area contributed by atoms with Crippen molar-refractivity contribution in [2.24, 2.45) is 5.41 Å². The van der Waals surface area contributed by atoms with Crippen LogP contribution < -0.4 is 0 Å². The van der Waals surface area contributed by atoms with E-state index >= 15 is 0 Å². The van der Waals surface area contributed by atoms with E-state index in [0.717, 1.165) is 16.7 Å². The Morgan fingerprint density at radius 2 is 2.17 bits per heavy atom. The van der Waals surface area contributed by atoms with Crippen LogP contribution in [0.2, 0.25) is 0 Å². The molecule has 1 aliphatic heterocycles. The van der Waals surface area contributed by atoms with Gasteiger partial charge in [-0.2, -0.15) is 18.3 Å². The number of hydrogen-bond donors (Lipinski definition) is 2. The third-order valence-electron chi connectivity index (χ3n) is 4.47. The minimum absolute atomic E-state index is 0.0990. The fraction of sp³-hybridized carbons (Fsp3) is 0.375. The highest BCUT2D eigenvalue weighted by Crippen LogP contribution is 2.46. The highest BCUT2D eigenvalue weighted by atomic mass is 19.4. The van der Waals surface area contributed by atoms with Crippen molar-refractivity contribution in [3.05, 3.63) is 42.2 Å². The topological polar surface area (TPSA) is 69.2 Å². The van der Waals surface area contributed by atoms with Gasteiger partial charge in [0.25, 0.3) is 0 Å². The predicted molar refractivity (Wildman–Crippen MR) is 80.0 cm³/mol. The average Bonchev–Trinajstić information content (AvgIpc) is 3.16. The molecule has 24 heavy (non-hydrogen) atoms. The monoisotopic (exact) mass is 339 g/mol. The van der Waals surface area contributed by atoms with E-state index in [1.54, 1.807) is 12.4 Å². The van der Waals surface area contributed by atoms with Crippen molar-refractivity contribution >= 4 is 5.97 Å². The first-order valence-corrected chi connectivity index (χ1v) is 7.42. The number of H-pyrrole nitrogens is 1. The van der Waals surface area contributed by atoms with Gasteiger partial charge in [0, 0.05) is 31.4 Å². The van der Waals surface area contributed by atoms with Gasteiger partial charge >= 0.3 is 12.1 Å². The molecule has 128 valence electrons. The number of alkyl halides is 3. The molecule has 0 bridgehead atoms. The van der Waals surface area contributed by atoms with Crippen molar-refractivity contribution in [1.82, 2.24) is 15.1 Å². The number of likely N-dealkylation sites (tertiary alicyclic amines) is 1. The zero-order chi connectivity index (χ0) is 17.4. The molecule has 1 saturated heterocycles. The molecule has 1 aromatic carbocycles. The summed E-state index contributed by atoms with van der Waals surface area (Å²) in [5.41, 5.74) is -0.0545. The van der Waals surface area contributed by atoms with E-state index in [2.05, 4.69) is 10.2 Å². The molecule has 0 saturated carbocycles.